The van der Waals surface area contributed by atoms with Gasteiger partial charge < -0.3 is 19.1 Å². The molecule has 2 aromatic rings. The third kappa shape index (κ3) is 3.95. The first kappa shape index (κ1) is 17.9. The number of ether oxygens (including phenoxy) is 1. The van der Waals surface area contributed by atoms with Gasteiger partial charge in [-0.25, -0.2) is 4.98 Å². The van der Waals surface area contributed by atoms with Gasteiger partial charge in [0.1, 0.15) is 12.4 Å². The number of nitrogens with zero attached hydrogens (tertiary/aromatic N) is 5. The third-order valence-corrected chi connectivity index (χ3v) is 5.38. The number of hydrogen-bond donors (Lipinski definition) is 0. The number of methoxy groups -OCH3 is 1. The Hall–Kier alpha value is -2.48. The van der Waals surface area contributed by atoms with Crippen LogP contribution in [0.5, 0.6) is 0 Å². The SMILES string of the molecule is COCC(=O)N1CCN(c2ccc(-c3noc(C4CCCC4)n3)cn2)CC1. The fourth-order valence-electron chi connectivity index (χ4n) is 3.80. The van der Waals surface area contributed by atoms with Gasteiger partial charge in [0.05, 0.1) is 0 Å². The molecule has 0 unspecified atom stereocenters. The minimum atomic E-state index is 0.0376. The average Bonchev–Trinajstić information content (AvgIpc) is 3.40. The largest absolute Gasteiger partial charge is 0.375 e. The number of anilines is 1. The zero-order chi connectivity index (χ0) is 18.6. The molecule has 0 spiro atoms. The summed E-state index contributed by atoms with van der Waals surface area (Å²) in [6.07, 6.45) is 6.54. The smallest absolute Gasteiger partial charge is 0.248 e. The van der Waals surface area contributed by atoms with Crippen LogP contribution in [0.1, 0.15) is 37.5 Å². The number of rotatable bonds is 5. The van der Waals surface area contributed by atoms with E-state index in [0.717, 1.165) is 43.2 Å². The summed E-state index contributed by atoms with van der Waals surface area (Å²) in [5.41, 5.74) is 0.862. The standard InChI is InChI=1S/C19H25N5O3/c1-26-13-17(25)24-10-8-23(9-11-24)16-7-6-15(12-20-16)18-21-19(27-22-18)14-4-2-3-5-14/h6-7,12,14H,2-5,8-11,13H2,1H3. The Morgan fingerprint density at radius 2 is 2.00 bits per heavy atom. The van der Waals surface area contributed by atoms with E-state index in [0.29, 0.717) is 24.8 Å². The van der Waals surface area contributed by atoms with Crippen LogP contribution in [0.3, 0.4) is 0 Å². The fourth-order valence-corrected chi connectivity index (χ4v) is 3.80. The first-order valence-corrected chi connectivity index (χ1v) is 9.56. The molecule has 2 aromatic heterocycles. The summed E-state index contributed by atoms with van der Waals surface area (Å²) in [6, 6.07) is 3.96. The van der Waals surface area contributed by atoms with Crippen LogP contribution in [0, 0.1) is 0 Å². The Labute approximate surface area is 158 Å². The topological polar surface area (TPSA) is 84.6 Å². The molecule has 8 nitrogen and oxygen atoms in total. The zero-order valence-corrected chi connectivity index (χ0v) is 15.6. The van der Waals surface area contributed by atoms with E-state index in [1.54, 1.807) is 13.3 Å². The van der Waals surface area contributed by atoms with Crippen molar-refractivity contribution in [3.05, 3.63) is 24.2 Å². The molecule has 1 aliphatic heterocycles. The van der Waals surface area contributed by atoms with Crippen LogP contribution in [0.4, 0.5) is 5.82 Å². The zero-order valence-electron chi connectivity index (χ0n) is 15.6. The predicted octanol–water partition coefficient (Wildman–Crippen LogP) is 2.08. The summed E-state index contributed by atoms with van der Waals surface area (Å²) in [6.45, 7) is 3.02. The van der Waals surface area contributed by atoms with E-state index in [4.69, 9.17) is 9.26 Å². The molecule has 0 radical (unpaired) electrons. The lowest BCUT2D eigenvalue weighted by Gasteiger charge is -2.35. The highest BCUT2D eigenvalue weighted by molar-refractivity contribution is 5.77. The van der Waals surface area contributed by atoms with Gasteiger partial charge in [-0.1, -0.05) is 18.0 Å². The maximum absolute atomic E-state index is 11.9. The molecule has 1 saturated carbocycles. The second-order valence-electron chi connectivity index (χ2n) is 7.14. The first-order chi connectivity index (χ1) is 13.2. The van der Waals surface area contributed by atoms with Gasteiger partial charge >= 0.3 is 0 Å². The molecule has 0 atom stereocenters. The number of hydrogen-bond acceptors (Lipinski definition) is 7. The minimum Gasteiger partial charge on any atom is -0.375 e. The van der Waals surface area contributed by atoms with E-state index in [-0.39, 0.29) is 12.5 Å². The van der Waals surface area contributed by atoms with Crippen molar-refractivity contribution in [2.75, 3.05) is 44.8 Å². The van der Waals surface area contributed by atoms with Crippen LogP contribution in [0.2, 0.25) is 0 Å². The van der Waals surface area contributed by atoms with Gasteiger partial charge in [-0.05, 0) is 25.0 Å². The highest BCUT2D eigenvalue weighted by atomic mass is 16.5. The second-order valence-corrected chi connectivity index (χ2v) is 7.14. The number of carbonyl (C=O) groups is 1. The van der Waals surface area contributed by atoms with Crippen molar-refractivity contribution in [3.8, 4) is 11.4 Å². The van der Waals surface area contributed by atoms with Crippen LogP contribution in [0.15, 0.2) is 22.9 Å². The molecule has 0 aromatic carbocycles. The number of aromatic nitrogens is 3. The van der Waals surface area contributed by atoms with E-state index < -0.39 is 0 Å². The fraction of sp³-hybridized carbons (Fsp3) is 0.579. The van der Waals surface area contributed by atoms with Crippen molar-refractivity contribution in [1.82, 2.24) is 20.0 Å². The molecular formula is C19H25N5O3. The molecule has 1 amide bonds. The lowest BCUT2D eigenvalue weighted by molar-refractivity contribution is -0.135. The third-order valence-electron chi connectivity index (χ3n) is 5.38. The lowest BCUT2D eigenvalue weighted by Crippen LogP contribution is -2.49. The predicted molar refractivity (Wildman–Crippen MR) is 99.4 cm³/mol. The Morgan fingerprint density at radius 1 is 1.22 bits per heavy atom. The number of carbonyl (C=O) groups excluding carboxylic acids is 1. The summed E-state index contributed by atoms with van der Waals surface area (Å²) in [5.74, 6) is 2.71. The Morgan fingerprint density at radius 3 is 2.67 bits per heavy atom. The van der Waals surface area contributed by atoms with Gasteiger partial charge in [0.15, 0.2) is 0 Å². The van der Waals surface area contributed by atoms with Gasteiger partial charge in [0.25, 0.3) is 0 Å². The van der Waals surface area contributed by atoms with E-state index in [2.05, 4.69) is 20.0 Å². The van der Waals surface area contributed by atoms with Crippen LogP contribution in [-0.4, -0.2) is 65.8 Å². The first-order valence-electron chi connectivity index (χ1n) is 9.56. The molecule has 1 saturated heterocycles. The summed E-state index contributed by atoms with van der Waals surface area (Å²) in [4.78, 5) is 25.0. The van der Waals surface area contributed by atoms with Crippen LogP contribution in [-0.2, 0) is 9.53 Å². The minimum absolute atomic E-state index is 0.0376. The van der Waals surface area contributed by atoms with Crippen LogP contribution >= 0.6 is 0 Å². The van der Waals surface area contributed by atoms with E-state index in [1.807, 2.05) is 17.0 Å². The Balaban J connectivity index is 1.37. The Bertz CT molecular complexity index is 762. The van der Waals surface area contributed by atoms with Crippen molar-refractivity contribution < 1.29 is 14.1 Å². The van der Waals surface area contributed by atoms with Crippen molar-refractivity contribution in [1.29, 1.82) is 0 Å². The number of amides is 1. The summed E-state index contributed by atoms with van der Waals surface area (Å²) in [7, 11) is 1.54. The summed E-state index contributed by atoms with van der Waals surface area (Å²) >= 11 is 0. The van der Waals surface area contributed by atoms with E-state index >= 15 is 0 Å². The quantitative estimate of drug-likeness (QED) is 0.795. The molecule has 144 valence electrons. The van der Waals surface area contributed by atoms with Gasteiger partial charge in [-0.3, -0.25) is 4.79 Å². The van der Waals surface area contributed by atoms with Crippen molar-refractivity contribution in [3.63, 3.8) is 0 Å². The van der Waals surface area contributed by atoms with Crippen molar-refractivity contribution in [2.45, 2.75) is 31.6 Å². The average molecular weight is 371 g/mol. The van der Waals surface area contributed by atoms with Gasteiger partial charge in [-0.15, -0.1) is 0 Å². The maximum atomic E-state index is 11.9. The monoisotopic (exact) mass is 371 g/mol. The molecule has 0 bridgehead atoms. The van der Waals surface area contributed by atoms with Crippen molar-refractivity contribution >= 4 is 11.7 Å². The van der Waals surface area contributed by atoms with Gasteiger partial charge in [-0.2, -0.15) is 4.98 Å². The molecule has 27 heavy (non-hydrogen) atoms. The highest BCUT2D eigenvalue weighted by Crippen LogP contribution is 2.33. The van der Waals surface area contributed by atoms with Crippen LogP contribution in [0.25, 0.3) is 11.4 Å². The van der Waals surface area contributed by atoms with E-state index in [9.17, 15) is 4.79 Å². The lowest BCUT2D eigenvalue weighted by atomic mass is 10.1. The van der Waals surface area contributed by atoms with Gasteiger partial charge in [0.2, 0.25) is 17.6 Å². The summed E-state index contributed by atoms with van der Waals surface area (Å²) < 4.78 is 10.4. The second kappa shape index (κ2) is 8.04. The van der Waals surface area contributed by atoms with Gasteiger partial charge in [0, 0.05) is 51.0 Å². The number of pyridine rings is 1. The normalized spacial score (nSPS) is 18.3. The maximum Gasteiger partial charge on any atom is 0.248 e. The number of piperazine rings is 1. The van der Waals surface area contributed by atoms with Crippen molar-refractivity contribution in [2.24, 2.45) is 0 Å². The molecule has 2 fully saturated rings. The molecule has 1 aliphatic carbocycles. The Kier molecular flexibility index (Phi) is 5.33. The summed E-state index contributed by atoms with van der Waals surface area (Å²) in [5, 5.41) is 4.12. The molecule has 2 aliphatic rings. The molecule has 4 rings (SSSR count). The molecule has 8 heteroatoms. The van der Waals surface area contributed by atoms with E-state index in [1.165, 1.54) is 12.8 Å². The molecular weight excluding hydrogens is 346 g/mol. The molecule has 3 heterocycles. The molecule has 0 N–H and O–H groups in total. The highest BCUT2D eigenvalue weighted by Gasteiger charge is 2.24. The van der Waals surface area contributed by atoms with Crippen LogP contribution < -0.4 is 4.90 Å².